The molecule has 0 aromatic heterocycles. The lowest BCUT2D eigenvalue weighted by molar-refractivity contribution is 0.371. The molecular formula is C14H20BrNO2S. The fourth-order valence-corrected chi connectivity index (χ4v) is 3.77. The van der Waals surface area contributed by atoms with Gasteiger partial charge in [-0.3, -0.25) is 0 Å². The van der Waals surface area contributed by atoms with E-state index >= 15 is 0 Å². The van der Waals surface area contributed by atoms with Gasteiger partial charge in [0.15, 0.2) is 11.5 Å². The molecule has 1 aliphatic rings. The summed E-state index contributed by atoms with van der Waals surface area (Å²) in [6.07, 6.45) is 6.00. The Kier molecular flexibility index (Phi) is 5.42. The highest BCUT2D eigenvalue weighted by Gasteiger charge is 2.23. The lowest BCUT2D eigenvalue weighted by Crippen LogP contribution is -2.26. The highest BCUT2D eigenvalue weighted by atomic mass is 79.9. The monoisotopic (exact) mass is 345 g/mol. The van der Waals surface area contributed by atoms with E-state index in [1.165, 1.54) is 19.3 Å². The molecule has 1 aromatic carbocycles. The number of thioether (sulfide) groups is 1. The number of nitrogens with one attached hydrogen (secondary N) is 1. The molecule has 0 heterocycles. The van der Waals surface area contributed by atoms with Crippen molar-refractivity contribution in [2.45, 2.75) is 37.1 Å². The molecule has 0 spiro atoms. The Morgan fingerprint density at radius 2 is 2.26 bits per heavy atom. The molecule has 0 radical (unpaired) electrons. The van der Waals surface area contributed by atoms with Crippen molar-refractivity contribution in [2.24, 2.45) is 0 Å². The van der Waals surface area contributed by atoms with Gasteiger partial charge in [-0.15, -0.1) is 0 Å². The van der Waals surface area contributed by atoms with Crippen LogP contribution < -0.4 is 10.1 Å². The first-order valence-corrected chi connectivity index (χ1v) is 8.53. The van der Waals surface area contributed by atoms with Crippen LogP contribution in [0.1, 0.15) is 24.8 Å². The first-order chi connectivity index (χ1) is 9.13. The SMILES string of the molecule is COc1cc(CNC2CCC(SC)C2)cc(Br)c1O. The predicted octanol–water partition coefficient (Wildman–Crippen LogP) is 3.54. The maximum Gasteiger partial charge on any atom is 0.172 e. The van der Waals surface area contributed by atoms with Crippen molar-refractivity contribution in [1.82, 2.24) is 5.32 Å². The van der Waals surface area contributed by atoms with Crippen molar-refractivity contribution in [3.05, 3.63) is 22.2 Å². The van der Waals surface area contributed by atoms with Gasteiger partial charge in [-0.2, -0.15) is 11.8 Å². The maximum absolute atomic E-state index is 9.77. The zero-order chi connectivity index (χ0) is 13.8. The molecule has 106 valence electrons. The zero-order valence-electron chi connectivity index (χ0n) is 11.3. The summed E-state index contributed by atoms with van der Waals surface area (Å²) in [5.41, 5.74) is 1.12. The Bertz CT molecular complexity index is 442. The van der Waals surface area contributed by atoms with E-state index in [9.17, 15) is 5.11 Å². The number of hydrogen-bond donors (Lipinski definition) is 2. The number of methoxy groups -OCH3 is 1. The first-order valence-electron chi connectivity index (χ1n) is 6.45. The Hall–Kier alpha value is -0.390. The van der Waals surface area contributed by atoms with E-state index in [-0.39, 0.29) is 5.75 Å². The van der Waals surface area contributed by atoms with E-state index in [2.05, 4.69) is 27.5 Å². The lowest BCUT2D eigenvalue weighted by atomic mass is 10.1. The van der Waals surface area contributed by atoms with Crippen LogP contribution in [0.2, 0.25) is 0 Å². The Morgan fingerprint density at radius 1 is 1.47 bits per heavy atom. The number of phenols is 1. The molecule has 19 heavy (non-hydrogen) atoms. The van der Waals surface area contributed by atoms with Crippen LogP contribution in [0.3, 0.4) is 0 Å². The predicted molar refractivity (Wildman–Crippen MR) is 84.1 cm³/mol. The topological polar surface area (TPSA) is 41.5 Å². The smallest absolute Gasteiger partial charge is 0.172 e. The molecule has 0 bridgehead atoms. The number of aromatic hydroxyl groups is 1. The normalized spacial score (nSPS) is 22.7. The number of ether oxygens (including phenoxy) is 1. The third-order valence-electron chi connectivity index (χ3n) is 3.62. The molecule has 3 nitrogen and oxygen atoms in total. The van der Waals surface area contributed by atoms with Crippen molar-refractivity contribution in [1.29, 1.82) is 0 Å². The van der Waals surface area contributed by atoms with Gasteiger partial charge in [0.1, 0.15) is 0 Å². The van der Waals surface area contributed by atoms with Gasteiger partial charge in [-0.25, -0.2) is 0 Å². The van der Waals surface area contributed by atoms with Crippen LogP contribution in [0, 0.1) is 0 Å². The minimum atomic E-state index is 0.162. The number of phenolic OH excluding ortho intramolecular Hbond substituents is 1. The largest absolute Gasteiger partial charge is 0.503 e. The molecule has 0 saturated heterocycles. The van der Waals surface area contributed by atoms with E-state index in [0.29, 0.717) is 16.3 Å². The van der Waals surface area contributed by atoms with Crippen LogP contribution in [-0.2, 0) is 6.54 Å². The quantitative estimate of drug-likeness (QED) is 0.856. The molecule has 1 aliphatic carbocycles. The van der Waals surface area contributed by atoms with Gasteiger partial charge in [0, 0.05) is 17.8 Å². The van der Waals surface area contributed by atoms with E-state index in [4.69, 9.17) is 4.74 Å². The third-order valence-corrected chi connectivity index (χ3v) is 5.32. The number of halogens is 1. The van der Waals surface area contributed by atoms with Crippen LogP contribution in [0.25, 0.3) is 0 Å². The molecule has 1 saturated carbocycles. The van der Waals surface area contributed by atoms with Crippen LogP contribution in [0.5, 0.6) is 11.5 Å². The van der Waals surface area contributed by atoms with Crippen LogP contribution >= 0.6 is 27.7 Å². The van der Waals surface area contributed by atoms with Gasteiger partial charge in [0.05, 0.1) is 11.6 Å². The van der Waals surface area contributed by atoms with Crippen LogP contribution in [0.4, 0.5) is 0 Å². The van der Waals surface area contributed by atoms with Crippen molar-refractivity contribution < 1.29 is 9.84 Å². The van der Waals surface area contributed by atoms with E-state index in [1.807, 2.05) is 23.9 Å². The molecular weight excluding hydrogens is 326 g/mol. The maximum atomic E-state index is 9.77. The molecule has 5 heteroatoms. The summed E-state index contributed by atoms with van der Waals surface area (Å²) in [4.78, 5) is 0. The van der Waals surface area contributed by atoms with Crippen molar-refractivity contribution in [2.75, 3.05) is 13.4 Å². The molecule has 1 aromatic rings. The average Bonchev–Trinajstić information content (AvgIpc) is 2.88. The van der Waals surface area contributed by atoms with E-state index < -0.39 is 0 Å². The molecule has 1 fully saturated rings. The number of hydrogen-bond acceptors (Lipinski definition) is 4. The molecule has 2 N–H and O–H groups in total. The fraction of sp³-hybridized carbons (Fsp3) is 0.571. The van der Waals surface area contributed by atoms with Crippen LogP contribution in [-0.4, -0.2) is 29.8 Å². The summed E-state index contributed by atoms with van der Waals surface area (Å²) in [5.74, 6) is 0.675. The summed E-state index contributed by atoms with van der Waals surface area (Å²) in [7, 11) is 1.57. The highest BCUT2D eigenvalue weighted by molar-refractivity contribution is 9.10. The zero-order valence-corrected chi connectivity index (χ0v) is 13.7. The summed E-state index contributed by atoms with van der Waals surface area (Å²) in [6.45, 7) is 0.807. The molecule has 2 atom stereocenters. The second kappa shape index (κ2) is 6.86. The molecule has 2 rings (SSSR count). The summed E-state index contributed by atoms with van der Waals surface area (Å²) in [5, 5.41) is 14.2. The van der Waals surface area contributed by atoms with Gasteiger partial charge in [-0.1, -0.05) is 0 Å². The second-order valence-electron chi connectivity index (χ2n) is 4.88. The number of rotatable bonds is 5. The summed E-state index contributed by atoms with van der Waals surface area (Å²) < 4.78 is 5.84. The summed E-state index contributed by atoms with van der Waals surface area (Å²) >= 11 is 5.32. The molecule has 0 aliphatic heterocycles. The summed E-state index contributed by atoms with van der Waals surface area (Å²) in [6, 6.07) is 4.43. The third kappa shape index (κ3) is 3.80. The fourth-order valence-electron chi connectivity index (χ4n) is 2.49. The highest BCUT2D eigenvalue weighted by Crippen LogP contribution is 2.35. The Labute approximate surface area is 127 Å². The minimum Gasteiger partial charge on any atom is -0.503 e. The molecule has 0 amide bonds. The molecule has 2 unspecified atom stereocenters. The Morgan fingerprint density at radius 3 is 2.89 bits per heavy atom. The van der Waals surface area contributed by atoms with Gasteiger partial charge in [-0.05, 0) is 59.1 Å². The van der Waals surface area contributed by atoms with Crippen molar-refractivity contribution in [3.8, 4) is 11.5 Å². The van der Waals surface area contributed by atoms with Gasteiger partial charge in [0.25, 0.3) is 0 Å². The van der Waals surface area contributed by atoms with Crippen molar-refractivity contribution >= 4 is 27.7 Å². The van der Waals surface area contributed by atoms with Crippen LogP contribution in [0.15, 0.2) is 16.6 Å². The standard InChI is InChI=1S/C14H20BrNO2S/c1-18-13-6-9(5-12(15)14(13)17)8-16-10-3-4-11(7-10)19-2/h5-6,10-11,16-17H,3-4,7-8H2,1-2H3. The lowest BCUT2D eigenvalue weighted by Gasteiger charge is -2.14. The minimum absolute atomic E-state index is 0.162. The van der Waals surface area contributed by atoms with E-state index in [1.54, 1.807) is 7.11 Å². The van der Waals surface area contributed by atoms with Crippen molar-refractivity contribution in [3.63, 3.8) is 0 Å². The Balaban J connectivity index is 1.95. The van der Waals surface area contributed by atoms with Gasteiger partial charge < -0.3 is 15.2 Å². The second-order valence-corrected chi connectivity index (χ2v) is 6.87. The van der Waals surface area contributed by atoms with Gasteiger partial charge in [0.2, 0.25) is 0 Å². The number of benzene rings is 1. The van der Waals surface area contributed by atoms with E-state index in [0.717, 1.165) is 17.4 Å². The average molecular weight is 346 g/mol. The van der Waals surface area contributed by atoms with Gasteiger partial charge >= 0.3 is 0 Å². The first kappa shape index (κ1) is 15.0.